The molecule has 31 heavy (non-hydrogen) atoms. The number of pyridine rings is 1. The first kappa shape index (κ1) is 20.8. The predicted octanol–water partition coefficient (Wildman–Crippen LogP) is 3.32. The average Bonchev–Trinajstić information content (AvgIpc) is 2.80. The van der Waals surface area contributed by atoms with Gasteiger partial charge in [0.15, 0.2) is 11.6 Å². The van der Waals surface area contributed by atoms with Gasteiger partial charge in [0, 0.05) is 18.3 Å². The van der Waals surface area contributed by atoms with Crippen LogP contribution in [0.25, 0.3) is 11.0 Å². The van der Waals surface area contributed by atoms with Gasteiger partial charge in [0.2, 0.25) is 0 Å². The molecule has 1 aliphatic carbocycles. The summed E-state index contributed by atoms with van der Waals surface area (Å²) < 4.78 is 7.36. The van der Waals surface area contributed by atoms with Gasteiger partial charge in [0.25, 0.3) is 5.91 Å². The Morgan fingerprint density at radius 3 is 2.81 bits per heavy atom. The first-order valence-electron chi connectivity index (χ1n) is 10.7. The van der Waals surface area contributed by atoms with Crippen molar-refractivity contribution in [3.05, 3.63) is 62.8 Å². The lowest BCUT2D eigenvalue weighted by atomic mass is 9.90. The molecule has 0 bridgehead atoms. The van der Waals surface area contributed by atoms with Crippen LogP contribution in [0.15, 0.2) is 46.1 Å². The van der Waals surface area contributed by atoms with Crippen LogP contribution in [0.1, 0.15) is 49.4 Å². The molecule has 8 nitrogen and oxygen atoms in total. The molecule has 0 spiro atoms. The van der Waals surface area contributed by atoms with E-state index >= 15 is 0 Å². The van der Waals surface area contributed by atoms with Gasteiger partial charge < -0.3 is 19.6 Å². The molecule has 2 N–H and O–H groups in total. The van der Waals surface area contributed by atoms with Crippen LogP contribution in [0.2, 0.25) is 0 Å². The van der Waals surface area contributed by atoms with Crippen molar-refractivity contribution >= 4 is 22.8 Å². The molecular weight excluding hydrogens is 396 g/mol. The number of nitrogens with one attached hydrogen (secondary N) is 2. The van der Waals surface area contributed by atoms with Gasteiger partial charge in [0.1, 0.15) is 0 Å². The minimum absolute atomic E-state index is 0.341. The Labute approximate surface area is 179 Å². The predicted molar refractivity (Wildman–Crippen MR) is 119 cm³/mol. The Kier molecular flexibility index (Phi) is 6.16. The molecule has 8 heteroatoms. The molecule has 0 atom stereocenters. The molecule has 1 aromatic carbocycles. The summed E-state index contributed by atoms with van der Waals surface area (Å²) in [6.07, 6.45) is 7.69. The van der Waals surface area contributed by atoms with Crippen molar-refractivity contribution in [3.63, 3.8) is 0 Å². The number of hydrogen-bond donors (Lipinski definition) is 2. The molecule has 3 aromatic rings. The van der Waals surface area contributed by atoms with E-state index in [1.54, 1.807) is 43.5 Å². The third kappa shape index (κ3) is 4.52. The second kappa shape index (κ2) is 9.16. The zero-order valence-electron chi connectivity index (χ0n) is 17.5. The summed E-state index contributed by atoms with van der Waals surface area (Å²) in [7, 11) is 0. The Bertz CT molecular complexity index is 1210. The average molecular weight is 422 g/mol. The molecule has 0 saturated heterocycles. The molecule has 0 aliphatic heterocycles. The maximum absolute atomic E-state index is 12.9. The van der Waals surface area contributed by atoms with Crippen molar-refractivity contribution in [2.24, 2.45) is 5.92 Å². The number of anilines is 1. The number of aryl methyl sites for hydroxylation is 1. The first-order valence-corrected chi connectivity index (χ1v) is 10.7. The number of rotatable bonds is 6. The fraction of sp³-hybridized carbons (Fsp3) is 0.391. The summed E-state index contributed by atoms with van der Waals surface area (Å²) in [4.78, 5) is 43.6. The summed E-state index contributed by atoms with van der Waals surface area (Å²) in [5.74, 6) is 1.05. The molecule has 2 aromatic heterocycles. The van der Waals surface area contributed by atoms with Crippen molar-refractivity contribution in [2.75, 3.05) is 11.9 Å². The zero-order chi connectivity index (χ0) is 21.8. The Morgan fingerprint density at radius 2 is 2.03 bits per heavy atom. The molecule has 162 valence electrons. The third-order valence-corrected chi connectivity index (χ3v) is 5.76. The number of carbonyl (C=O) groups excluding carboxylic acids is 1. The standard InChI is InChI=1S/C23H26N4O4/c1-2-27-18-11-10-16(13-17(18)25-22(29)23(27)30)21(28)26-20-19(9-6-12-24-20)31-14-15-7-4-3-5-8-15/h6,9-13,15H,2-5,7-8,14H2,1H3,(H,25,29)(H,24,26,28). The van der Waals surface area contributed by atoms with E-state index in [-0.39, 0.29) is 5.91 Å². The van der Waals surface area contributed by atoms with Crippen molar-refractivity contribution in [1.82, 2.24) is 14.5 Å². The number of hydrogen-bond acceptors (Lipinski definition) is 5. The number of H-pyrrole nitrogens is 1. The van der Waals surface area contributed by atoms with Gasteiger partial charge in [0.05, 0.1) is 17.6 Å². The normalized spacial score (nSPS) is 14.5. The number of carbonyl (C=O) groups is 1. The van der Waals surface area contributed by atoms with E-state index in [2.05, 4.69) is 15.3 Å². The van der Waals surface area contributed by atoms with Crippen LogP contribution in [0, 0.1) is 5.92 Å². The number of ether oxygens (including phenoxy) is 1. The first-order chi connectivity index (χ1) is 15.1. The van der Waals surface area contributed by atoms with E-state index in [9.17, 15) is 14.4 Å². The highest BCUT2D eigenvalue weighted by molar-refractivity contribution is 6.06. The molecule has 0 radical (unpaired) electrons. The van der Waals surface area contributed by atoms with E-state index in [1.165, 1.54) is 36.7 Å². The van der Waals surface area contributed by atoms with Crippen molar-refractivity contribution in [1.29, 1.82) is 0 Å². The Morgan fingerprint density at radius 1 is 1.23 bits per heavy atom. The monoisotopic (exact) mass is 422 g/mol. The van der Waals surface area contributed by atoms with Crippen LogP contribution >= 0.6 is 0 Å². The second-order valence-corrected chi connectivity index (χ2v) is 7.85. The number of aromatic nitrogens is 3. The largest absolute Gasteiger partial charge is 0.489 e. The van der Waals surface area contributed by atoms with E-state index in [1.807, 2.05) is 0 Å². The fourth-order valence-corrected chi connectivity index (χ4v) is 4.08. The minimum Gasteiger partial charge on any atom is -0.489 e. The summed E-state index contributed by atoms with van der Waals surface area (Å²) in [6, 6.07) is 8.40. The highest BCUT2D eigenvalue weighted by Gasteiger charge is 2.17. The van der Waals surface area contributed by atoms with Crippen LogP contribution < -0.4 is 21.2 Å². The molecule has 1 fully saturated rings. The molecule has 1 amide bonds. The lowest BCUT2D eigenvalue weighted by Crippen LogP contribution is -2.36. The number of fused-ring (bicyclic) bond motifs is 1. The van der Waals surface area contributed by atoms with Gasteiger partial charge in [-0.05, 0) is 56.0 Å². The summed E-state index contributed by atoms with van der Waals surface area (Å²) in [5.41, 5.74) is 0.00990. The van der Waals surface area contributed by atoms with Crippen LogP contribution in [-0.4, -0.2) is 27.0 Å². The topological polar surface area (TPSA) is 106 Å². The van der Waals surface area contributed by atoms with E-state index in [0.717, 1.165) is 0 Å². The lowest BCUT2D eigenvalue weighted by Gasteiger charge is -2.22. The van der Waals surface area contributed by atoms with Gasteiger partial charge in [-0.1, -0.05) is 19.3 Å². The van der Waals surface area contributed by atoms with Crippen LogP contribution in [0.3, 0.4) is 0 Å². The number of amides is 1. The summed E-state index contributed by atoms with van der Waals surface area (Å²) in [5, 5.41) is 2.80. The Balaban J connectivity index is 1.54. The van der Waals surface area contributed by atoms with Crippen LogP contribution in [0.5, 0.6) is 5.75 Å². The summed E-state index contributed by atoms with van der Waals surface area (Å²) in [6.45, 7) is 2.76. The van der Waals surface area contributed by atoms with Gasteiger partial charge in [-0.15, -0.1) is 0 Å². The molecule has 2 heterocycles. The molecule has 4 rings (SSSR count). The van der Waals surface area contributed by atoms with Crippen LogP contribution in [0.4, 0.5) is 5.82 Å². The maximum atomic E-state index is 12.9. The zero-order valence-corrected chi connectivity index (χ0v) is 17.5. The molecular formula is C23H26N4O4. The molecule has 1 saturated carbocycles. The van der Waals surface area contributed by atoms with Gasteiger partial charge in [-0.2, -0.15) is 0 Å². The quantitative estimate of drug-likeness (QED) is 0.593. The minimum atomic E-state index is -0.713. The van der Waals surface area contributed by atoms with E-state index < -0.39 is 11.1 Å². The fourth-order valence-electron chi connectivity index (χ4n) is 4.08. The van der Waals surface area contributed by atoms with Gasteiger partial charge >= 0.3 is 11.1 Å². The number of aromatic amines is 1. The second-order valence-electron chi connectivity index (χ2n) is 7.85. The molecule has 1 aliphatic rings. The van der Waals surface area contributed by atoms with Crippen molar-refractivity contribution in [2.45, 2.75) is 45.6 Å². The Hall–Kier alpha value is -3.42. The van der Waals surface area contributed by atoms with Gasteiger partial charge in [-0.3, -0.25) is 14.4 Å². The maximum Gasteiger partial charge on any atom is 0.316 e. The highest BCUT2D eigenvalue weighted by Crippen LogP contribution is 2.27. The van der Waals surface area contributed by atoms with Crippen molar-refractivity contribution in [3.8, 4) is 5.75 Å². The van der Waals surface area contributed by atoms with Crippen LogP contribution in [-0.2, 0) is 6.54 Å². The highest BCUT2D eigenvalue weighted by atomic mass is 16.5. The SMILES string of the molecule is CCn1c(=O)c(=O)[nH]c2cc(C(=O)Nc3ncccc3OCC3CCCCC3)ccc21. The van der Waals surface area contributed by atoms with E-state index in [0.29, 0.717) is 47.2 Å². The number of nitrogens with zero attached hydrogens (tertiary/aromatic N) is 2. The summed E-state index contributed by atoms with van der Waals surface area (Å²) >= 11 is 0. The van der Waals surface area contributed by atoms with Gasteiger partial charge in [-0.25, -0.2) is 4.98 Å². The smallest absolute Gasteiger partial charge is 0.316 e. The lowest BCUT2D eigenvalue weighted by molar-refractivity contribution is 0.102. The third-order valence-electron chi connectivity index (χ3n) is 5.76. The van der Waals surface area contributed by atoms with Crippen molar-refractivity contribution < 1.29 is 9.53 Å². The number of benzene rings is 1. The van der Waals surface area contributed by atoms with E-state index in [4.69, 9.17) is 4.74 Å². The molecule has 0 unspecified atom stereocenters.